The van der Waals surface area contributed by atoms with E-state index in [4.69, 9.17) is 14.6 Å². The molecule has 0 aromatic heterocycles. The predicted molar refractivity (Wildman–Crippen MR) is 64.9 cm³/mol. The van der Waals surface area contributed by atoms with Gasteiger partial charge in [-0.1, -0.05) is 6.07 Å². The quantitative estimate of drug-likeness (QED) is 0.902. The third kappa shape index (κ3) is 1.99. The molecule has 19 heavy (non-hydrogen) atoms. The molecule has 3 rings (SSSR count). The largest absolute Gasteiger partial charge is 0.478 e. The van der Waals surface area contributed by atoms with Crippen LogP contribution < -0.4 is 9.47 Å². The van der Waals surface area contributed by atoms with E-state index >= 15 is 0 Å². The molecule has 0 bridgehead atoms. The maximum atomic E-state index is 13.8. The minimum atomic E-state index is -1.10. The molecule has 4 nitrogen and oxygen atoms in total. The van der Waals surface area contributed by atoms with Crippen LogP contribution in [0.3, 0.4) is 0 Å². The number of carbonyl (C=O) groups is 1. The van der Waals surface area contributed by atoms with Crippen LogP contribution in [0.4, 0.5) is 4.39 Å². The van der Waals surface area contributed by atoms with E-state index in [1.165, 1.54) is 12.1 Å². The molecular formula is C14H9FO4. The van der Waals surface area contributed by atoms with Gasteiger partial charge in [0.25, 0.3) is 0 Å². The Kier molecular flexibility index (Phi) is 2.59. The molecule has 0 aliphatic carbocycles. The van der Waals surface area contributed by atoms with Crippen molar-refractivity contribution in [1.82, 2.24) is 0 Å². The van der Waals surface area contributed by atoms with Crippen LogP contribution in [0, 0.1) is 5.82 Å². The van der Waals surface area contributed by atoms with Gasteiger partial charge in [-0.25, -0.2) is 9.18 Å². The van der Waals surface area contributed by atoms with Crippen LogP contribution in [0.25, 0.3) is 11.1 Å². The molecule has 1 heterocycles. The van der Waals surface area contributed by atoms with Crippen LogP contribution in [-0.2, 0) is 0 Å². The van der Waals surface area contributed by atoms with Gasteiger partial charge in [-0.05, 0) is 35.9 Å². The molecule has 2 aromatic rings. The van der Waals surface area contributed by atoms with Gasteiger partial charge in [-0.3, -0.25) is 0 Å². The first kappa shape index (κ1) is 11.5. The SMILES string of the molecule is O=C(O)c1ccc(F)c(-c2ccc3c(c2)OCO3)c1. The Morgan fingerprint density at radius 1 is 1.11 bits per heavy atom. The van der Waals surface area contributed by atoms with Gasteiger partial charge in [0.05, 0.1) is 5.56 Å². The average Bonchev–Trinajstić information content (AvgIpc) is 2.86. The van der Waals surface area contributed by atoms with Crippen LogP contribution in [0.1, 0.15) is 10.4 Å². The highest BCUT2D eigenvalue weighted by Crippen LogP contribution is 2.36. The van der Waals surface area contributed by atoms with Gasteiger partial charge in [0.2, 0.25) is 6.79 Å². The van der Waals surface area contributed by atoms with Crippen molar-refractivity contribution in [3.63, 3.8) is 0 Å². The summed E-state index contributed by atoms with van der Waals surface area (Å²) in [7, 11) is 0. The molecule has 0 unspecified atom stereocenters. The topological polar surface area (TPSA) is 55.8 Å². The monoisotopic (exact) mass is 260 g/mol. The Balaban J connectivity index is 2.11. The maximum Gasteiger partial charge on any atom is 0.335 e. The van der Waals surface area contributed by atoms with Gasteiger partial charge in [-0.2, -0.15) is 0 Å². The molecule has 0 radical (unpaired) electrons. The third-order valence-corrected chi connectivity index (χ3v) is 2.90. The zero-order valence-corrected chi connectivity index (χ0v) is 9.72. The van der Waals surface area contributed by atoms with E-state index in [0.29, 0.717) is 17.1 Å². The molecule has 0 fully saturated rings. The summed E-state index contributed by atoms with van der Waals surface area (Å²) >= 11 is 0. The first-order valence-electron chi connectivity index (χ1n) is 5.58. The first-order valence-corrected chi connectivity index (χ1v) is 5.58. The fourth-order valence-electron chi connectivity index (χ4n) is 1.94. The lowest BCUT2D eigenvalue weighted by atomic mass is 10.0. The molecule has 0 amide bonds. The molecule has 0 atom stereocenters. The van der Waals surface area contributed by atoms with E-state index < -0.39 is 11.8 Å². The molecule has 1 aliphatic heterocycles. The van der Waals surface area contributed by atoms with Crippen molar-refractivity contribution in [3.05, 3.63) is 47.8 Å². The van der Waals surface area contributed by atoms with E-state index in [0.717, 1.165) is 6.07 Å². The Hall–Kier alpha value is -2.56. The number of hydrogen-bond donors (Lipinski definition) is 1. The number of benzene rings is 2. The van der Waals surface area contributed by atoms with E-state index in [-0.39, 0.29) is 17.9 Å². The van der Waals surface area contributed by atoms with E-state index in [2.05, 4.69) is 0 Å². The highest BCUT2D eigenvalue weighted by molar-refractivity contribution is 5.89. The number of halogens is 1. The molecule has 1 N–H and O–H groups in total. The van der Waals surface area contributed by atoms with Crippen LogP contribution >= 0.6 is 0 Å². The lowest BCUT2D eigenvalue weighted by molar-refractivity contribution is 0.0697. The molecule has 5 heteroatoms. The lowest BCUT2D eigenvalue weighted by Crippen LogP contribution is -1.97. The fourth-order valence-corrected chi connectivity index (χ4v) is 1.94. The molecular weight excluding hydrogens is 251 g/mol. The average molecular weight is 260 g/mol. The van der Waals surface area contributed by atoms with Crippen molar-refractivity contribution in [1.29, 1.82) is 0 Å². The lowest BCUT2D eigenvalue weighted by Gasteiger charge is -2.06. The Bertz CT molecular complexity index is 666. The Morgan fingerprint density at radius 2 is 1.89 bits per heavy atom. The molecule has 1 aliphatic rings. The van der Waals surface area contributed by atoms with Crippen LogP contribution in [0.2, 0.25) is 0 Å². The van der Waals surface area contributed by atoms with Gasteiger partial charge in [0, 0.05) is 5.56 Å². The summed E-state index contributed by atoms with van der Waals surface area (Å²) in [5.74, 6) is -0.456. The van der Waals surface area contributed by atoms with Crippen molar-refractivity contribution in [2.75, 3.05) is 6.79 Å². The summed E-state index contributed by atoms with van der Waals surface area (Å²) in [5, 5.41) is 8.93. The highest BCUT2D eigenvalue weighted by atomic mass is 19.1. The van der Waals surface area contributed by atoms with E-state index in [1.54, 1.807) is 18.2 Å². The fraction of sp³-hybridized carbons (Fsp3) is 0.0714. The summed E-state index contributed by atoms with van der Waals surface area (Å²) in [4.78, 5) is 10.9. The molecule has 2 aromatic carbocycles. The summed E-state index contributed by atoms with van der Waals surface area (Å²) in [5.41, 5.74) is 0.803. The van der Waals surface area contributed by atoms with Gasteiger partial charge >= 0.3 is 5.97 Å². The van der Waals surface area contributed by atoms with Crippen molar-refractivity contribution in [2.24, 2.45) is 0 Å². The number of carboxylic acid groups (broad SMARTS) is 1. The summed E-state index contributed by atoms with van der Waals surface area (Å²) < 4.78 is 24.2. The number of hydrogen-bond acceptors (Lipinski definition) is 3. The standard InChI is InChI=1S/C14H9FO4/c15-11-3-1-9(14(16)17)5-10(11)8-2-4-12-13(6-8)19-7-18-12/h1-6H,7H2,(H,16,17). The van der Waals surface area contributed by atoms with Gasteiger partial charge in [0.1, 0.15) is 5.82 Å². The van der Waals surface area contributed by atoms with Crippen molar-refractivity contribution < 1.29 is 23.8 Å². The van der Waals surface area contributed by atoms with Crippen LogP contribution in [0.15, 0.2) is 36.4 Å². The zero-order chi connectivity index (χ0) is 13.4. The normalized spacial score (nSPS) is 12.5. The second-order valence-electron chi connectivity index (χ2n) is 4.07. The molecule has 96 valence electrons. The predicted octanol–water partition coefficient (Wildman–Crippen LogP) is 2.92. The zero-order valence-electron chi connectivity index (χ0n) is 9.72. The van der Waals surface area contributed by atoms with Crippen LogP contribution in [0.5, 0.6) is 11.5 Å². The van der Waals surface area contributed by atoms with Crippen molar-refractivity contribution in [2.45, 2.75) is 0 Å². The van der Waals surface area contributed by atoms with Gasteiger partial charge < -0.3 is 14.6 Å². The van der Waals surface area contributed by atoms with Crippen molar-refractivity contribution in [3.8, 4) is 22.6 Å². The highest BCUT2D eigenvalue weighted by Gasteiger charge is 2.16. The van der Waals surface area contributed by atoms with Crippen LogP contribution in [-0.4, -0.2) is 17.9 Å². The smallest absolute Gasteiger partial charge is 0.335 e. The second-order valence-corrected chi connectivity index (χ2v) is 4.07. The number of fused-ring (bicyclic) bond motifs is 1. The Morgan fingerprint density at radius 3 is 2.68 bits per heavy atom. The minimum Gasteiger partial charge on any atom is -0.478 e. The van der Waals surface area contributed by atoms with Gasteiger partial charge in [-0.15, -0.1) is 0 Å². The maximum absolute atomic E-state index is 13.8. The Labute approximate surface area is 108 Å². The molecule has 0 saturated carbocycles. The van der Waals surface area contributed by atoms with E-state index in [9.17, 15) is 9.18 Å². The van der Waals surface area contributed by atoms with Gasteiger partial charge in [0.15, 0.2) is 11.5 Å². The van der Waals surface area contributed by atoms with E-state index in [1.807, 2.05) is 0 Å². The second kappa shape index (κ2) is 4.28. The number of ether oxygens (including phenoxy) is 2. The minimum absolute atomic E-state index is 0.0362. The number of rotatable bonds is 2. The van der Waals surface area contributed by atoms with Crippen molar-refractivity contribution >= 4 is 5.97 Å². The number of aromatic carboxylic acids is 1. The first-order chi connectivity index (χ1) is 9.15. The summed E-state index contributed by atoms with van der Waals surface area (Å²) in [6, 6.07) is 8.64. The molecule has 0 spiro atoms. The number of carboxylic acids is 1. The third-order valence-electron chi connectivity index (χ3n) is 2.90. The molecule has 0 saturated heterocycles. The summed E-state index contributed by atoms with van der Waals surface area (Å²) in [6.45, 7) is 0.135. The summed E-state index contributed by atoms with van der Waals surface area (Å²) in [6.07, 6.45) is 0.